The molecule has 2 aromatic heterocycles. The van der Waals surface area contributed by atoms with E-state index in [0.29, 0.717) is 5.92 Å². The Kier molecular flexibility index (Phi) is 3.98. The normalized spacial score (nSPS) is 17.0. The van der Waals surface area contributed by atoms with E-state index in [4.69, 9.17) is 0 Å². The van der Waals surface area contributed by atoms with Crippen LogP contribution in [0.4, 0.5) is 0 Å². The second-order valence-corrected chi connectivity index (χ2v) is 6.90. The monoisotopic (exact) mass is 294 g/mol. The van der Waals surface area contributed by atoms with Crippen molar-refractivity contribution in [1.82, 2.24) is 9.88 Å². The Morgan fingerprint density at radius 2 is 2.32 bits per heavy atom. The molecule has 3 nitrogen and oxygen atoms in total. The number of thiophene rings is 1. The number of likely N-dealkylation sites (N-methyl/N-ethyl adjacent to an activating group) is 1. The average Bonchev–Trinajstić information content (AvgIpc) is 2.89. The topological polar surface area (TPSA) is 36.4 Å². The molecule has 1 unspecified atom stereocenters. The zero-order valence-corrected chi connectivity index (χ0v) is 12.6. The highest BCUT2D eigenvalue weighted by molar-refractivity contribution is 7.14. The summed E-state index contributed by atoms with van der Waals surface area (Å²) in [5, 5.41) is 17.3. The van der Waals surface area contributed by atoms with Gasteiger partial charge in [0.25, 0.3) is 0 Å². The van der Waals surface area contributed by atoms with E-state index in [-0.39, 0.29) is 6.10 Å². The molecule has 0 aliphatic heterocycles. The molecule has 1 saturated carbocycles. The largest absolute Gasteiger partial charge is 0.392 e. The molecule has 1 aliphatic rings. The number of hydrogen-bond donors (Lipinski definition) is 1. The summed E-state index contributed by atoms with van der Waals surface area (Å²) in [6, 6.07) is 2.11. The summed E-state index contributed by atoms with van der Waals surface area (Å²) in [6.07, 6.45) is 2.21. The molecule has 2 aromatic rings. The van der Waals surface area contributed by atoms with Gasteiger partial charge in [0.05, 0.1) is 11.8 Å². The molecule has 0 spiro atoms. The van der Waals surface area contributed by atoms with Crippen LogP contribution in [0.3, 0.4) is 0 Å². The highest BCUT2D eigenvalue weighted by atomic mass is 32.1. The van der Waals surface area contributed by atoms with Crippen molar-refractivity contribution in [3.63, 3.8) is 0 Å². The maximum Gasteiger partial charge on any atom is 0.124 e. The molecule has 3 rings (SSSR count). The molecule has 0 amide bonds. The quantitative estimate of drug-likeness (QED) is 0.889. The third-order valence-electron chi connectivity index (χ3n) is 3.42. The van der Waals surface area contributed by atoms with Gasteiger partial charge in [-0.15, -0.1) is 11.3 Å². The van der Waals surface area contributed by atoms with Crippen LogP contribution in [-0.2, 0) is 6.54 Å². The lowest BCUT2D eigenvalue weighted by atomic mass is 10.2. The number of aliphatic hydroxyl groups excluding tert-OH is 1. The lowest BCUT2D eigenvalue weighted by molar-refractivity contribution is 0.104. The number of thiazole rings is 1. The first-order valence-electron chi connectivity index (χ1n) is 6.56. The van der Waals surface area contributed by atoms with Crippen molar-refractivity contribution in [3.05, 3.63) is 27.9 Å². The first-order valence-corrected chi connectivity index (χ1v) is 8.38. The minimum Gasteiger partial charge on any atom is -0.392 e. The van der Waals surface area contributed by atoms with Crippen LogP contribution in [0.15, 0.2) is 22.2 Å². The van der Waals surface area contributed by atoms with E-state index in [1.54, 1.807) is 22.7 Å². The number of rotatable bonds is 6. The van der Waals surface area contributed by atoms with Crippen LogP contribution in [0.2, 0.25) is 0 Å². The van der Waals surface area contributed by atoms with Gasteiger partial charge in [-0.3, -0.25) is 4.90 Å². The van der Waals surface area contributed by atoms with Gasteiger partial charge < -0.3 is 5.11 Å². The van der Waals surface area contributed by atoms with Gasteiger partial charge in [0, 0.05) is 29.4 Å². The first-order chi connectivity index (χ1) is 9.22. The lowest BCUT2D eigenvalue weighted by Crippen LogP contribution is -2.30. The van der Waals surface area contributed by atoms with Crippen molar-refractivity contribution < 1.29 is 5.11 Å². The van der Waals surface area contributed by atoms with Crippen molar-refractivity contribution in [3.8, 4) is 10.6 Å². The third-order valence-corrected chi connectivity index (χ3v) is 5.04. The molecule has 1 atom stereocenters. The lowest BCUT2D eigenvalue weighted by Gasteiger charge is -2.19. The third kappa shape index (κ3) is 3.42. The number of aromatic nitrogens is 1. The fraction of sp³-hybridized carbons (Fsp3) is 0.500. The highest BCUT2D eigenvalue weighted by Gasteiger charge is 2.30. The fourth-order valence-corrected chi connectivity index (χ4v) is 3.71. The average molecular weight is 294 g/mol. The highest BCUT2D eigenvalue weighted by Crippen LogP contribution is 2.33. The molecule has 0 bridgehead atoms. The Bertz CT molecular complexity index is 519. The minimum atomic E-state index is -0.167. The van der Waals surface area contributed by atoms with Crippen molar-refractivity contribution in [2.45, 2.75) is 25.5 Å². The summed E-state index contributed by atoms with van der Waals surface area (Å²) in [5.41, 5.74) is 2.30. The first kappa shape index (κ1) is 13.2. The Hall–Kier alpha value is -0.750. The second-order valence-electron chi connectivity index (χ2n) is 5.26. The molecule has 19 heavy (non-hydrogen) atoms. The van der Waals surface area contributed by atoms with E-state index in [9.17, 15) is 5.11 Å². The minimum absolute atomic E-state index is 0.167. The van der Waals surface area contributed by atoms with Crippen LogP contribution in [0.1, 0.15) is 18.5 Å². The Morgan fingerprint density at radius 1 is 1.47 bits per heavy atom. The fourth-order valence-electron chi connectivity index (χ4n) is 2.19. The molecule has 1 N–H and O–H groups in total. The summed E-state index contributed by atoms with van der Waals surface area (Å²) >= 11 is 3.39. The van der Waals surface area contributed by atoms with Crippen LogP contribution in [-0.4, -0.2) is 34.7 Å². The smallest absolute Gasteiger partial charge is 0.124 e. The molecule has 2 heterocycles. The van der Waals surface area contributed by atoms with E-state index in [0.717, 1.165) is 23.8 Å². The maximum absolute atomic E-state index is 9.93. The SMILES string of the molecule is CN(Cc1csc(-c2ccsc2)n1)CC(O)C1CC1. The van der Waals surface area contributed by atoms with Gasteiger partial charge in [0.15, 0.2) is 0 Å². The second kappa shape index (κ2) is 5.71. The molecule has 0 saturated heterocycles. The summed E-state index contributed by atoms with van der Waals surface area (Å²) in [7, 11) is 2.05. The maximum atomic E-state index is 9.93. The summed E-state index contributed by atoms with van der Waals surface area (Å²) in [4.78, 5) is 6.82. The van der Waals surface area contributed by atoms with Gasteiger partial charge in [0.1, 0.15) is 5.01 Å². The van der Waals surface area contributed by atoms with Gasteiger partial charge >= 0.3 is 0 Å². The van der Waals surface area contributed by atoms with Gasteiger partial charge in [-0.1, -0.05) is 0 Å². The molecule has 0 aromatic carbocycles. The van der Waals surface area contributed by atoms with Crippen molar-refractivity contribution in [2.75, 3.05) is 13.6 Å². The van der Waals surface area contributed by atoms with E-state index >= 15 is 0 Å². The van der Waals surface area contributed by atoms with Crippen LogP contribution in [0.5, 0.6) is 0 Å². The molecule has 0 radical (unpaired) electrons. The molecule has 1 aliphatic carbocycles. The zero-order chi connectivity index (χ0) is 13.2. The van der Waals surface area contributed by atoms with Crippen LogP contribution < -0.4 is 0 Å². The molecule has 102 valence electrons. The van der Waals surface area contributed by atoms with Crippen molar-refractivity contribution >= 4 is 22.7 Å². The molecular formula is C14H18N2OS2. The van der Waals surface area contributed by atoms with E-state index in [2.05, 4.69) is 39.1 Å². The van der Waals surface area contributed by atoms with Gasteiger partial charge in [-0.2, -0.15) is 11.3 Å². The molecular weight excluding hydrogens is 276 g/mol. The van der Waals surface area contributed by atoms with Crippen LogP contribution in [0.25, 0.3) is 10.6 Å². The summed E-state index contributed by atoms with van der Waals surface area (Å²) < 4.78 is 0. The standard InChI is InChI=1S/C14H18N2OS2/c1-16(7-13(17)10-2-3-10)6-12-9-19-14(15-12)11-4-5-18-8-11/h4-5,8-10,13,17H,2-3,6-7H2,1H3. The number of nitrogens with zero attached hydrogens (tertiary/aromatic N) is 2. The van der Waals surface area contributed by atoms with E-state index < -0.39 is 0 Å². The Balaban J connectivity index is 1.57. The summed E-state index contributed by atoms with van der Waals surface area (Å²) in [5.74, 6) is 0.541. The molecule has 5 heteroatoms. The zero-order valence-electron chi connectivity index (χ0n) is 11.0. The number of hydrogen-bond acceptors (Lipinski definition) is 5. The Morgan fingerprint density at radius 3 is 3.00 bits per heavy atom. The van der Waals surface area contributed by atoms with E-state index in [1.807, 2.05) is 0 Å². The van der Waals surface area contributed by atoms with Crippen LogP contribution >= 0.6 is 22.7 Å². The van der Waals surface area contributed by atoms with Gasteiger partial charge in [-0.25, -0.2) is 4.98 Å². The Labute approximate surface area is 121 Å². The number of aliphatic hydroxyl groups is 1. The van der Waals surface area contributed by atoms with Gasteiger partial charge in [0.2, 0.25) is 0 Å². The van der Waals surface area contributed by atoms with E-state index in [1.165, 1.54) is 18.4 Å². The van der Waals surface area contributed by atoms with Crippen LogP contribution in [0, 0.1) is 5.92 Å². The predicted octanol–water partition coefficient (Wildman–Crippen LogP) is 3.07. The van der Waals surface area contributed by atoms with Gasteiger partial charge in [-0.05, 0) is 37.3 Å². The molecule has 1 fully saturated rings. The predicted molar refractivity (Wildman–Crippen MR) is 80.5 cm³/mol. The summed E-state index contributed by atoms with van der Waals surface area (Å²) in [6.45, 7) is 1.56. The van der Waals surface area contributed by atoms with Crippen molar-refractivity contribution in [2.24, 2.45) is 5.92 Å². The van der Waals surface area contributed by atoms with Crippen molar-refractivity contribution in [1.29, 1.82) is 0 Å².